The van der Waals surface area contributed by atoms with Crippen molar-refractivity contribution in [2.24, 2.45) is 0 Å². The van der Waals surface area contributed by atoms with Crippen molar-refractivity contribution in [2.75, 3.05) is 5.32 Å². The van der Waals surface area contributed by atoms with E-state index in [1.165, 1.54) is 12.3 Å². The molecule has 0 unspecified atom stereocenters. The molecule has 2 heterocycles. The van der Waals surface area contributed by atoms with E-state index in [9.17, 15) is 10.1 Å². The van der Waals surface area contributed by atoms with Gasteiger partial charge in [0.05, 0.1) is 16.0 Å². The summed E-state index contributed by atoms with van der Waals surface area (Å²) in [6.07, 6.45) is 1.23. The molecular formula is C19H15N5O2. The number of hydrogen-bond donors (Lipinski definition) is 1. The summed E-state index contributed by atoms with van der Waals surface area (Å²) >= 11 is 0. The molecule has 7 nitrogen and oxygen atoms in total. The van der Waals surface area contributed by atoms with Crippen molar-refractivity contribution in [3.63, 3.8) is 0 Å². The predicted molar refractivity (Wildman–Crippen MR) is 100.0 cm³/mol. The van der Waals surface area contributed by atoms with Crippen LogP contribution in [-0.2, 0) is 0 Å². The minimum Gasteiger partial charge on any atom is -0.340 e. The van der Waals surface area contributed by atoms with Crippen LogP contribution in [0.15, 0.2) is 66.9 Å². The molecule has 2 aromatic carbocycles. The molecule has 4 rings (SSSR count). The number of aryl methyl sites for hydroxylation is 1. The minimum absolute atomic E-state index is 0.0387. The number of nitrogens with zero attached hydrogens (tertiary/aromatic N) is 4. The number of imidazole rings is 1. The van der Waals surface area contributed by atoms with Crippen LogP contribution < -0.4 is 5.32 Å². The molecule has 2 aromatic heterocycles. The molecule has 0 aliphatic rings. The van der Waals surface area contributed by atoms with Crippen molar-refractivity contribution in [2.45, 2.75) is 6.92 Å². The number of fused-ring (bicyclic) bond motifs is 1. The van der Waals surface area contributed by atoms with Crippen LogP contribution in [0.4, 0.5) is 17.2 Å². The highest BCUT2D eigenvalue weighted by Gasteiger charge is 2.10. The standard InChI is InChI=1S/C19H15N5O2/c1-13-21-17-11-14(22-19-10-8-16(12-20-19)24(25)26)7-9-18(17)23(13)15-5-3-2-4-6-15/h2-12H,1H3,(H,20,22). The Balaban J connectivity index is 1.67. The van der Waals surface area contributed by atoms with E-state index in [1.54, 1.807) is 6.07 Å². The Bertz CT molecular complexity index is 1090. The molecule has 0 atom stereocenters. The average molecular weight is 345 g/mol. The number of hydrogen-bond acceptors (Lipinski definition) is 5. The van der Waals surface area contributed by atoms with Gasteiger partial charge in [0, 0.05) is 17.4 Å². The molecule has 0 amide bonds. The second-order valence-corrected chi connectivity index (χ2v) is 5.82. The Hall–Kier alpha value is -3.74. The Morgan fingerprint density at radius 3 is 2.58 bits per heavy atom. The lowest BCUT2D eigenvalue weighted by molar-refractivity contribution is -0.385. The zero-order valence-electron chi connectivity index (χ0n) is 14.0. The van der Waals surface area contributed by atoms with Crippen LogP contribution in [0.2, 0.25) is 0 Å². The van der Waals surface area contributed by atoms with Gasteiger partial charge >= 0.3 is 0 Å². The quantitative estimate of drug-likeness (QED) is 0.438. The molecule has 0 radical (unpaired) electrons. The van der Waals surface area contributed by atoms with E-state index in [0.29, 0.717) is 5.82 Å². The maximum atomic E-state index is 10.7. The number of nitro groups is 1. The van der Waals surface area contributed by atoms with Gasteiger partial charge in [0.1, 0.15) is 17.8 Å². The molecule has 26 heavy (non-hydrogen) atoms. The van der Waals surface area contributed by atoms with E-state index in [1.807, 2.05) is 55.5 Å². The van der Waals surface area contributed by atoms with E-state index in [4.69, 9.17) is 0 Å². The summed E-state index contributed by atoms with van der Waals surface area (Å²) in [5, 5.41) is 13.9. The van der Waals surface area contributed by atoms with Gasteiger partial charge in [0.25, 0.3) is 5.69 Å². The molecule has 0 saturated carbocycles. The lowest BCUT2D eigenvalue weighted by atomic mass is 10.2. The number of benzene rings is 2. The van der Waals surface area contributed by atoms with Gasteiger partial charge in [-0.2, -0.15) is 0 Å². The topological polar surface area (TPSA) is 85.9 Å². The first kappa shape index (κ1) is 15.8. The second-order valence-electron chi connectivity index (χ2n) is 5.82. The van der Waals surface area contributed by atoms with Crippen molar-refractivity contribution in [1.29, 1.82) is 0 Å². The van der Waals surface area contributed by atoms with Crippen molar-refractivity contribution in [3.8, 4) is 5.69 Å². The first-order chi connectivity index (χ1) is 12.6. The van der Waals surface area contributed by atoms with Crippen LogP contribution >= 0.6 is 0 Å². The molecule has 0 bridgehead atoms. The largest absolute Gasteiger partial charge is 0.340 e. The first-order valence-electron chi connectivity index (χ1n) is 8.04. The van der Waals surface area contributed by atoms with Crippen molar-refractivity contribution in [1.82, 2.24) is 14.5 Å². The number of aromatic nitrogens is 3. The van der Waals surface area contributed by atoms with Gasteiger partial charge in [-0.1, -0.05) is 18.2 Å². The lowest BCUT2D eigenvalue weighted by Gasteiger charge is -2.08. The van der Waals surface area contributed by atoms with Crippen LogP contribution in [0, 0.1) is 17.0 Å². The summed E-state index contributed by atoms with van der Waals surface area (Å²) in [7, 11) is 0. The first-order valence-corrected chi connectivity index (χ1v) is 8.04. The fraction of sp³-hybridized carbons (Fsp3) is 0.0526. The number of nitrogens with one attached hydrogen (secondary N) is 1. The summed E-state index contributed by atoms with van der Waals surface area (Å²) in [5.41, 5.74) is 3.71. The van der Waals surface area contributed by atoms with Crippen LogP contribution in [0.3, 0.4) is 0 Å². The van der Waals surface area contributed by atoms with E-state index < -0.39 is 4.92 Å². The molecule has 0 aliphatic carbocycles. The van der Waals surface area contributed by atoms with Crippen molar-refractivity contribution in [3.05, 3.63) is 82.8 Å². The Morgan fingerprint density at radius 2 is 1.88 bits per heavy atom. The average Bonchev–Trinajstić information content (AvgIpc) is 2.98. The summed E-state index contributed by atoms with van der Waals surface area (Å²) in [4.78, 5) is 18.9. The Labute approximate surface area is 149 Å². The maximum absolute atomic E-state index is 10.7. The second kappa shape index (κ2) is 6.29. The number of pyridine rings is 1. The lowest BCUT2D eigenvalue weighted by Crippen LogP contribution is -1.97. The molecular weight excluding hydrogens is 330 g/mol. The molecule has 4 aromatic rings. The SMILES string of the molecule is Cc1nc2cc(Nc3ccc([N+](=O)[O-])cn3)ccc2n1-c1ccccc1. The van der Waals surface area contributed by atoms with E-state index >= 15 is 0 Å². The molecule has 0 aliphatic heterocycles. The third-order valence-corrected chi connectivity index (χ3v) is 4.07. The van der Waals surface area contributed by atoms with Gasteiger partial charge in [-0.05, 0) is 43.3 Å². The molecule has 0 fully saturated rings. The normalized spacial score (nSPS) is 10.8. The molecule has 0 spiro atoms. The number of para-hydroxylation sites is 1. The maximum Gasteiger partial charge on any atom is 0.287 e. The van der Waals surface area contributed by atoms with Gasteiger partial charge < -0.3 is 5.32 Å². The number of anilines is 2. The Kier molecular flexibility index (Phi) is 3.81. The zero-order valence-corrected chi connectivity index (χ0v) is 14.0. The molecule has 0 saturated heterocycles. The van der Waals surface area contributed by atoms with Crippen LogP contribution in [0.5, 0.6) is 0 Å². The zero-order chi connectivity index (χ0) is 18.1. The van der Waals surface area contributed by atoms with E-state index in [-0.39, 0.29) is 5.69 Å². The smallest absolute Gasteiger partial charge is 0.287 e. The fourth-order valence-electron chi connectivity index (χ4n) is 2.90. The third kappa shape index (κ3) is 2.86. The minimum atomic E-state index is -0.470. The molecule has 7 heteroatoms. The van der Waals surface area contributed by atoms with Crippen molar-refractivity contribution < 1.29 is 4.92 Å². The molecule has 1 N–H and O–H groups in total. The number of rotatable bonds is 4. The fourth-order valence-corrected chi connectivity index (χ4v) is 2.90. The van der Waals surface area contributed by atoms with Gasteiger partial charge in [-0.15, -0.1) is 0 Å². The van der Waals surface area contributed by atoms with Crippen molar-refractivity contribution >= 4 is 28.2 Å². The summed E-state index contributed by atoms with van der Waals surface area (Å²) in [5.74, 6) is 1.44. The van der Waals surface area contributed by atoms with Crippen LogP contribution in [0.1, 0.15) is 5.82 Å². The van der Waals surface area contributed by atoms with Crippen LogP contribution in [-0.4, -0.2) is 19.5 Å². The van der Waals surface area contributed by atoms with E-state index in [0.717, 1.165) is 28.2 Å². The summed E-state index contributed by atoms with van der Waals surface area (Å²) in [6.45, 7) is 1.97. The van der Waals surface area contributed by atoms with Gasteiger partial charge in [-0.3, -0.25) is 14.7 Å². The Morgan fingerprint density at radius 1 is 1.08 bits per heavy atom. The molecule has 128 valence electrons. The monoisotopic (exact) mass is 345 g/mol. The highest BCUT2D eigenvalue weighted by Crippen LogP contribution is 2.25. The summed E-state index contributed by atoms with van der Waals surface area (Å²) in [6, 6.07) is 18.9. The van der Waals surface area contributed by atoms with Gasteiger partial charge in [-0.25, -0.2) is 9.97 Å². The highest BCUT2D eigenvalue weighted by atomic mass is 16.6. The van der Waals surface area contributed by atoms with Gasteiger partial charge in [0.2, 0.25) is 0 Å². The van der Waals surface area contributed by atoms with Crippen LogP contribution in [0.25, 0.3) is 16.7 Å². The third-order valence-electron chi connectivity index (χ3n) is 4.07. The summed E-state index contributed by atoms with van der Waals surface area (Å²) < 4.78 is 2.10. The van der Waals surface area contributed by atoms with E-state index in [2.05, 4.69) is 19.9 Å². The predicted octanol–water partition coefficient (Wildman–Crippen LogP) is 4.38. The highest BCUT2D eigenvalue weighted by molar-refractivity contribution is 5.82. The van der Waals surface area contributed by atoms with Gasteiger partial charge in [0.15, 0.2) is 0 Å².